The van der Waals surface area contributed by atoms with E-state index in [9.17, 15) is 0 Å². The fraction of sp³-hybridized carbons (Fsp3) is 0.875. The molecule has 56 heavy (non-hydrogen) atoms. The molecule has 11 rings (SSSR count). The molecule has 0 aromatic carbocycles. The minimum atomic E-state index is -0.337. The zero-order chi connectivity index (χ0) is 38.8. The summed E-state index contributed by atoms with van der Waals surface area (Å²) >= 11 is 8.01. The van der Waals surface area contributed by atoms with Gasteiger partial charge in [-0.25, -0.2) is 8.97 Å². The molecular formula is C48H72BClN6+2. The molecule has 6 aliphatic carbocycles. The van der Waals surface area contributed by atoms with Crippen LogP contribution in [0.3, 0.4) is 0 Å². The highest BCUT2D eigenvalue weighted by molar-refractivity contribution is 6.99. The Labute approximate surface area is 344 Å². The van der Waals surface area contributed by atoms with Crippen molar-refractivity contribution in [3.63, 3.8) is 0 Å². The van der Waals surface area contributed by atoms with Crippen molar-refractivity contribution in [1.29, 1.82) is 0 Å². The summed E-state index contributed by atoms with van der Waals surface area (Å²) in [4.78, 5) is 23.2. The number of nitrogens with zero attached hydrogens (tertiary/aromatic N) is 6. The van der Waals surface area contributed by atoms with E-state index in [1.807, 2.05) is 0 Å². The number of hydrogen-bond donors (Lipinski definition) is 0. The third-order valence-corrected chi connectivity index (χ3v) is 19.6. The van der Waals surface area contributed by atoms with Gasteiger partial charge in [0, 0.05) is 11.8 Å². The Bertz CT molecular complexity index is 1880. The minimum Gasteiger partial charge on any atom is -0.240 e. The number of hydrogen-bond acceptors (Lipinski definition) is 4. The lowest BCUT2D eigenvalue weighted by Gasteiger charge is -2.46. The van der Waals surface area contributed by atoms with Crippen molar-refractivity contribution in [2.24, 2.45) is 125 Å². The summed E-state index contributed by atoms with van der Waals surface area (Å²) in [6.45, 7) is 22.3. The topological polar surface area (TPSA) is 55.5 Å². The first-order chi connectivity index (χ1) is 26.5. The normalized spacial score (nSPS) is 45.4. The molecule has 5 aliphatic heterocycles. The van der Waals surface area contributed by atoms with Gasteiger partial charge in [0.05, 0.1) is 23.7 Å². The van der Waals surface area contributed by atoms with Crippen LogP contribution in [0.4, 0.5) is 0 Å². The van der Waals surface area contributed by atoms with Crippen LogP contribution in [-0.4, -0.2) is 50.4 Å². The Morgan fingerprint density at radius 1 is 0.411 bits per heavy atom. The molecule has 6 nitrogen and oxygen atoms in total. The number of aliphatic imine (C=N–C) groups is 4. The van der Waals surface area contributed by atoms with Crippen LogP contribution in [0.1, 0.15) is 159 Å². The van der Waals surface area contributed by atoms with E-state index in [4.69, 9.17) is 31.4 Å². The molecule has 0 aromatic heterocycles. The quantitative estimate of drug-likeness (QED) is 0.220. The van der Waals surface area contributed by atoms with Gasteiger partial charge < -0.3 is 0 Å². The van der Waals surface area contributed by atoms with E-state index in [1.165, 1.54) is 120 Å². The van der Waals surface area contributed by atoms with Crippen LogP contribution in [0.2, 0.25) is 0 Å². The average molecular weight is 779 g/mol. The van der Waals surface area contributed by atoms with E-state index in [-0.39, 0.29) is 6.40 Å². The second-order valence-corrected chi connectivity index (χ2v) is 25.3. The summed E-state index contributed by atoms with van der Waals surface area (Å²) in [6, 6.07) is 0. The van der Waals surface area contributed by atoms with Gasteiger partial charge in [0.15, 0.2) is 0 Å². The van der Waals surface area contributed by atoms with Crippen LogP contribution in [0.25, 0.3) is 0 Å². The van der Waals surface area contributed by atoms with Gasteiger partial charge in [-0.15, -0.1) is 0 Å². The fourth-order valence-electron chi connectivity index (χ4n) is 15.7. The maximum Gasteiger partial charge on any atom is 0.661 e. The number of halogens is 1. The lowest BCUT2D eigenvalue weighted by atomic mass is 9.58. The Balaban J connectivity index is 1.01. The highest BCUT2D eigenvalue weighted by Gasteiger charge is 2.65. The smallest absolute Gasteiger partial charge is 0.240 e. The second-order valence-electron chi connectivity index (χ2n) is 24.9. The van der Waals surface area contributed by atoms with E-state index in [0.717, 1.165) is 64.9 Å². The standard InChI is InChI=1S/C48H72BClN6/c1-46(2,3)31-13-10-25-19-34-35(22-28(25)16-31)41-51-40(34)52-43-38-23-29-17-32(47(4,5)6)15-12-27(29)21-37(38)44-54-45-39-24-30-18-33(48(7,8)9)14-11-26(30)20-36(39)42(53-41)55(45)49(50)56(43)44/h25-39H,10-24H2,1-9H3/q+2. The summed E-state index contributed by atoms with van der Waals surface area (Å²) < 4.78 is 4.94. The highest BCUT2D eigenvalue weighted by Crippen LogP contribution is 2.57. The second kappa shape index (κ2) is 12.7. The number of amidine groups is 6. The molecule has 15 atom stereocenters. The molecule has 5 heterocycles. The molecule has 0 spiro atoms. The van der Waals surface area contributed by atoms with Gasteiger partial charge in [-0.1, -0.05) is 88.8 Å². The molecule has 0 saturated heterocycles. The first-order valence-corrected chi connectivity index (χ1v) is 24.3. The minimum absolute atomic E-state index is 0.337. The van der Waals surface area contributed by atoms with E-state index < -0.39 is 0 Å². The first kappa shape index (κ1) is 37.4. The molecule has 0 amide bonds. The Morgan fingerprint density at radius 2 is 0.768 bits per heavy atom. The summed E-state index contributed by atoms with van der Waals surface area (Å²) in [7, 11) is 0. The lowest BCUT2D eigenvalue weighted by Crippen LogP contribution is -2.49. The van der Waals surface area contributed by atoms with Crippen molar-refractivity contribution in [3.8, 4) is 0 Å². The Kier molecular flexibility index (Phi) is 8.48. The van der Waals surface area contributed by atoms with Gasteiger partial charge in [0.2, 0.25) is 35.0 Å². The molecule has 15 unspecified atom stereocenters. The Morgan fingerprint density at radius 3 is 1.21 bits per heavy atom. The zero-order valence-corrected chi connectivity index (χ0v) is 37.2. The van der Waals surface area contributed by atoms with Crippen molar-refractivity contribution in [2.45, 2.75) is 159 Å². The fourth-order valence-corrected chi connectivity index (χ4v) is 16.1. The van der Waals surface area contributed by atoms with Gasteiger partial charge in [0.1, 0.15) is 0 Å². The highest BCUT2D eigenvalue weighted by atomic mass is 35.5. The average Bonchev–Trinajstić information content (AvgIpc) is 3.74. The van der Waals surface area contributed by atoms with Crippen LogP contribution < -0.4 is 0 Å². The number of rotatable bonds is 0. The van der Waals surface area contributed by atoms with Gasteiger partial charge in [-0.2, -0.15) is 4.99 Å². The van der Waals surface area contributed by atoms with Gasteiger partial charge in [-0.3, -0.25) is 0 Å². The molecule has 11 aliphatic rings. The van der Waals surface area contributed by atoms with Crippen LogP contribution in [0, 0.1) is 105 Å². The molecule has 6 fully saturated rings. The van der Waals surface area contributed by atoms with Gasteiger partial charge in [-0.05, 0) is 166 Å². The van der Waals surface area contributed by atoms with E-state index in [1.54, 1.807) is 0 Å². The third-order valence-electron chi connectivity index (χ3n) is 19.2. The van der Waals surface area contributed by atoms with Crippen LogP contribution in [-0.2, 0) is 0 Å². The summed E-state index contributed by atoms with van der Waals surface area (Å²) in [6.07, 6.45) is 19.4. The summed E-state index contributed by atoms with van der Waals surface area (Å²) in [5.41, 5.74) is 1.12. The predicted molar refractivity (Wildman–Crippen MR) is 232 cm³/mol. The summed E-state index contributed by atoms with van der Waals surface area (Å²) in [5.74, 6) is 16.6. The molecule has 0 N–H and O–H groups in total. The van der Waals surface area contributed by atoms with Crippen molar-refractivity contribution >= 4 is 52.9 Å². The van der Waals surface area contributed by atoms with Crippen molar-refractivity contribution in [2.75, 3.05) is 0 Å². The monoisotopic (exact) mass is 779 g/mol. The first-order valence-electron chi connectivity index (χ1n) is 23.8. The van der Waals surface area contributed by atoms with Crippen molar-refractivity contribution in [1.82, 2.24) is 0 Å². The molecule has 0 aromatic rings. The largest absolute Gasteiger partial charge is 0.661 e. The third kappa shape index (κ3) is 5.73. The van der Waals surface area contributed by atoms with Gasteiger partial charge >= 0.3 is 6.40 Å². The van der Waals surface area contributed by atoms with Crippen LogP contribution >= 0.6 is 11.5 Å². The predicted octanol–water partition coefficient (Wildman–Crippen LogP) is 11.0. The van der Waals surface area contributed by atoms with Crippen molar-refractivity contribution < 1.29 is 8.97 Å². The molecule has 8 heteroatoms. The SMILES string of the molecule is CC(C)(C)C1CCC2CC3C4=NC5=[N+]6B(Cl)[N+]7=C(N=C6C6CC8CCC(C(C)(C)C)CC8CC56)C5CC6CC(C(C)(C)C)CCC6CC5C7=NC(=N4)C3CC2C1. The van der Waals surface area contributed by atoms with E-state index in [2.05, 4.69) is 71.3 Å². The number of fused-ring (bicyclic) bond motifs is 13. The van der Waals surface area contributed by atoms with Crippen LogP contribution in [0.15, 0.2) is 20.0 Å². The summed E-state index contributed by atoms with van der Waals surface area (Å²) in [5, 5.41) is 0. The van der Waals surface area contributed by atoms with Crippen LogP contribution in [0.5, 0.6) is 0 Å². The maximum absolute atomic E-state index is 8.01. The van der Waals surface area contributed by atoms with E-state index in [0.29, 0.717) is 51.8 Å². The van der Waals surface area contributed by atoms with Gasteiger partial charge in [0.25, 0.3) is 0 Å². The Hall–Kier alpha value is -1.63. The van der Waals surface area contributed by atoms with E-state index >= 15 is 0 Å². The molecule has 6 saturated carbocycles. The molecule has 0 radical (unpaired) electrons. The molecular weight excluding hydrogens is 707 g/mol. The molecule has 302 valence electrons. The lowest BCUT2D eigenvalue weighted by molar-refractivity contribution is -0.390. The van der Waals surface area contributed by atoms with Crippen molar-refractivity contribution in [3.05, 3.63) is 0 Å². The maximum atomic E-state index is 8.01. The molecule has 4 bridgehead atoms. The zero-order valence-electron chi connectivity index (χ0n) is 36.4.